The Morgan fingerprint density at radius 2 is 2.00 bits per heavy atom. The highest BCUT2D eigenvalue weighted by molar-refractivity contribution is 5.80. The molecule has 1 aromatic heterocycles. The highest BCUT2D eigenvalue weighted by Crippen LogP contribution is 2.13. The number of rotatable bonds is 8. The van der Waals surface area contributed by atoms with Crippen molar-refractivity contribution in [1.82, 2.24) is 25.4 Å². The Hall–Kier alpha value is -1.70. The third-order valence-corrected chi connectivity index (χ3v) is 5.62. The number of hydrogen-bond acceptors (Lipinski definition) is 5. The quantitative estimate of drug-likeness (QED) is 0.508. The Labute approximate surface area is 175 Å². The van der Waals surface area contributed by atoms with Crippen LogP contribution in [0.25, 0.3) is 0 Å². The largest absolute Gasteiger partial charge is 0.379 e. The summed E-state index contributed by atoms with van der Waals surface area (Å²) < 4.78 is 5.44. The summed E-state index contributed by atoms with van der Waals surface area (Å²) in [7, 11) is 0. The van der Waals surface area contributed by atoms with Crippen LogP contribution in [0.5, 0.6) is 0 Å². The fraction of sp³-hybridized carbons (Fsp3) is 0.727. The fourth-order valence-corrected chi connectivity index (χ4v) is 4.00. The van der Waals surface area contributed by atoms with Crippen molar-refractivity contribution in [3.63, 3.8) is 0 Å². The van der Waals surface area contributed by atoms with Gasteiger partial charge in [-0.25, -0.2) is 0 Å². The number of nitrogens with one attached hydrogen (secondary N) is 2. The van der Waals surface area contributed by atoms with Crippen LogP contribution in [-0.4, -0.2) is 85.8 Å². The molecule has 2 aliphatic rings. The van der Waals surface area contributed by atoms with Gasteiger partial charge in [-0.15, -0.1) is 0 Å². The van der Waals surface area contributed by atoms with Gasteiger partial charge in [0, 0.05) is 64.6 Å². The number of aromatic nitrogens is 1. The summed E-state index contributed by atoms with van der Waals surface area (Å²) in [5.74, 6) is 1.51. The van der Waals surface area contributed by atoms with Gasteiger partial charge in [-0.3, -0.25) is 19.8 Å². The predicted octanol–water partition coefficient (Wildman–Crippen LogP) is 1.57. The number of morpholine rings is 1. The highest BCUT2D eigenvalue weighted by Gasteiger charge is 2.20. The number of pyridine rings is 1. The maximum atomic E-state index is 5.44. The van der Waals surface area contributed by atoms with Crippen molar-refractivity contribution in [3.8, 4) is 0 Å². The maximum absolute atomic E-state index is 5.44. The lowest BCUT2D eigenvalue weighted by molar-refractivity contribution is 0.0323. The first-order valence-electron chi connectivity index (χ1n) is 11.2. The van der Waals surface area contributed by atoms with Gasteiger partial charge < -0.3 is 15.4 Å². The number of hydrogen-bond donors (Lipinski definition) is 2. The Morgan fingerprint density at radius 3 is 2.69 bits per heavy atom. The summed E-state index contributed by atoms with van der Waals surface area (Å²) in [4.78, 5) is 14.3. The van der Waals surface area contributed by atoms with Crippen LogP contribution in [0.1, 0.15) is 32.4 Å². The zero-order chi connectivity index (χ0) is 20.3. The summed E-state index contributed by atoms with van der Waals surface area (Å²) in [6.45, 7) is 14.2. The van der Waals surface area contributed by atoms with Crippen molar-refractivity contribution in [1.29, 1.82) is 0 Å². The molecule has 7 nitrogen and oxygen atoms in total. The van der Waals surface area contributed by atoms with E-state index in [1.807, 2.05) is 12.3 Å². The molecule has 3 rings (SSSR count). The summed E-state index contributed by atoms with van der Waals surface area (Å²) in [6.07, 6.45) is 4.16. The van der Waals surface area contributed by atoms with E-state index >= 15 is 0 Å². The smallest absolute Gasteiger partial charge is 0.191 e. The lowest BCUT2D eigenvalue weighted by Gasteiger charge is -2.33. The van der Waals surface area contributed by atoms with Crippen LogP contribution in [0.3, 0.4) is 0 Å². The van der Waals surface area contributed by atoms with Crippen molar-refractivity contribution in [2.75, 3.05) is 59.0 Å². The van der Waals surface area contributed by atoms with Gasteiger partial charge >= 0.3 is 0 Å². The molecule has 0 spiro atoms. The molecule has 29 heavy (non-hydrogen) atoms. The second kappa shape index (κ2) is 12.1. The van der Waals surface area contributed by atoms with E-state index < -0.39 is 0 Å². The number of nitrogens with zero attached hydrogens (tertiary/aromatic N) is 4. The number of aliphatic imine (C=N–C) groups is 1. The van der Waals surface area contributed by atoms with Gasteiger partial charge in [0.25, 0.3) is 0 Å². The summed E-state index contributed by atoms with van der Waals surface area (Å²) in [5, 5.41) is 7.08. The standard InChI is InChI=1S/C22H38N6O/c1-3-23-22(25-16-19(2)17-28-12-14-29-15-13-28)26-20-7-10-27(11-8-20)18-21-6-4-5-9-24-21/h4-6,9,19-20H,3,7-8,10-18H2,1-2H3,(H2,23,25,26). The first-order chi connectivity index (χ1) is 14.2. The average Bonchev–Trinajstić information content (AvgIpc) is 2.75. The van der Waals surface area contributed by atoms with Crippen molar-refractivity contribution in [3.05, 3.63) is 30.1 Å². The molecule has 2 N–H and O–H groups in total. The van der Waals surface area contributed by atoms with Gasteiger partial charge in [-0.2, -0.15) is 0 Å². The van der Waals surface area contributed by atoms with Crippen molar-refractivity contribution >= 4 is 5.96 Å². The third-order valence-electron chi connectivity index (χ3n) is 5.62. The van der Waals surface area contributed by atoms with Crippen LogP contribution < -0.4 is 10.6 Å². The van der Waals surface area contributed by atoms with Gasteiger partial charge in [-0.05, 0) is 37.8 Å². The van der Waals surface area contributed by atoms with Gasteiger partial charge in [0.15, 0.2) is 5.96 Å². The molecule has 2 saturated heterocycles. The summed E-state index contributed by atoms with van der Waals surface area (Å²) in [6, 6.07) is 6.64. The molecule has 1 aromatic rings. The molecule has 0 radical (unpaired) electrons. The van der Waals surface area contributed by atoms with Gasteiger partial charge in [0.05, 0.1) is 18.9 Å². The van der Waals surface area contributed by atoms with Crippen LogP contribution in [0.2, 0.25) is 0 Å². The minimum absolute atomic E-state index is 0.488. The van der Waals surface area contributed by atoms with Crippen LogP contribution in [0, 0.1) is 5.92 Å². The minimum atomic E-state index is 0.488. The molecular formula is C22H38N6O. The van der Waals surface area contributed by atoms with E-state index in [2.05, 4.69) is 51.4 Å². The minimum Gasteiger partial charge on any atom is -0.379 e. The molecule has 7 heteroatoms. The van der Waals surface area contributed by atoms with Crippen LogP contribution in [0.4, 0.5) is 0 Å². The van der Waals surface area contributed by atoms with Crippen molar-refractivity contribution < 1.29 is 4.74 Å². The lowest BCUT2D eigenvalue weighted by Crippen LogP contribution is -2.48. The monoisotopic (exact) mass is 402 g/mol. The molecule has 0 amide bonds. The molecule has 2 aliphatic heterocycles. The lowest BCUT2D eigenvalue weighted by atomic mass is 10.0. The summed E-state index contributed by atoms with van der Waals surface area (Å²) >= 11 is 0. The molecule has 3 heterocycles. The Balaban J connectivity index is 1.40. The average molecular weight is 403 g/mol. The van der Waals surface area contributed by atoms with Crippen molar-refractivity contribution in [2.45, 2.75) is 39.3 Å². The Kier molecular flexibility index (Phi) is 9.18. The number of ether oxygens (including phenoxy) is 1. The van der Waals surface area contributed by atoms with E-state index in [1.165, 1.54) is 0 Å². The summed E-state index contributed by atoms with van der Waals surface area (Å²) in [5.41, 5.74) is 1.16. The molecule has 1 atom stereocenters. The molecule has 0 saturated carbocycles. The fourth-order valence-electron chi connectivity index (χ4n) is 4.00. The second-order valence-electron chi connectivity index (χ2n) is 8.25. The molecular weight excluding hydrogens is 364 g/mol. The van der Waals surface area contributed by atoms with E-state index in [-0.39, 0.29) is 0 Å². The number of likely N-dealkylation sites (tertiary alicyclic amines) is 1. The molecule has 2 fully saturated rings. The SMILES string of the molecule is CCNC(=NCC(C)CN1CCOCC1)NC1CCN(Cc2ccccn2)CC1. The van der Waals surface area contributed by atoms with Crippen molar-refractivity contribution in [2.24, 2.45) is 10.9 Å². The van der Waals surface area contributed by atoms with E-state index in [0.29, 0.717) is 12.0 Å². The van der Waals surface area contributed by atoms with E-state index in [4.69, 9.17) is 9.73 Å². The first-order valence-corrected chi connectivity index (χ1v) is 11.2. The van der Waals surface area contributed by atoms with Crippen LogP contribution >= 0.6 is 0 Å². The van der Waals surface area contributed by atoms with Gasteiger partial charge in [0.2, 0.25) is 0 Å². The highest BCUT2D eigenvalue weighted by atomic mass is 16.5. The Morgan fingerprint density at radius 1 is 1.21 bits per heavy atom. The Bertz CT molecular complexity index is 597. The molecule has 162 valence electrons. The third kappa shape index (κ3) is 7.91. The van der Waals surface area contributed by atoms with E-state index in [0.717, 1.165) is 90.1 Å². The van der Waals surface area contributed by atoms with Crippen LogP contribution in [-0.2, 0) is 11.3 Å². The van der Waals surface area contributed by atoms with Crippen LogP contribution in [0.15, 0.2) is 29.4 Å². The van der Waals surface area contributed by atoms with E-state index in [1.54, 1.807) is 0 Å². The number of guanidine groups is 1. The van der Waals surface area contributed by atoms with E-state index in [9.17, 15) is 0 Å². The zero-order valence-electron chi connectivity index (χ0n) is 18.1. The topological polar surface area (TPSA) is 65.0 Å². The second-order valence-corrected chi connectivity index (χ2v) is 8.25. The number of piperidine rings is 1. The van der Waals surface area contributed by atoms with Gasteiger partial charge in [-0.1, -0.05) is 13.0 Å². The molecule has 0 aromatic carbocycles. The molecule has 0 aliphatic carbocycles. The molecule has 0 bridgehead atoms. The first kappa shape index (κ1) is 22.0. The molecule has 1 unspecified atom stereocenters. The predicted molar refractivity (Wildman–Crippen MR) is 118 cm³/mol. The van der Waals surface area contributed by atoms with Gasteiger partial charge in [0.1, 0.15) is 0 Å². The normalized spacial score (nSPS) is 21.1. The maximum Gasteiger partial charge on any atom is 0.191 e. The zero-order valence-corrected chi connectivity index (χ0v) is 18.1.